The summed E-state index contributed by atoms with van der Waals surface area (Å²) in [6.07, 6.45) is 7.17. The lowest BCUT2D eigenvalue weighted by atomic mass is 10.1. The van der Waals surface area contributed by atoms with Gasteiger partial charge in [0.25, 0.3) is 0 Å². The second-order valence-electron chi connectivity index (χ2n) is 5.83. The monoisotopic (exact) mass is 342 g/mol. The molecule has 4 aromatic rings. The fourth-order valence-electron chi connectivity index (χ4n) is 2.79. The third kappa shape index (κ3) is 3.17. The number of hydrogen-bond donors (Lipinski definition) is 1. The molecule has 128 valence electrons. The third-order valence-electron chi connectivity index (χ3n) is 4.03. The Balaban J connectivity index is 1.79. The van der Waals surface area contributed by atoms with Gasteiger partial charge < -0.3 is 5.32 Å². The molecule has 6 heteroatoms. The summed E-state index contributed by atoms with van der Waals surface area (Å²) in [6.45, 7) is 0.651. The van der Waals surface area contributed by atoms with Crippen molar-refractivity contribution in [3.63, 3.8) is 0 Å². The molecule has 0 aliphatic carbocycles. The standard InChI is InChI=1S/C20H18N6/c1-21-13-17-14-24-26-19(23-12-15-6-5-9-22-11-15)10-18(25-20(17)26)16-7-3-2-4-8-16/h2-11,13-14,23H,12H2,1H3. The molecule has 0 spiro atoms. The van der Waals surface area contributed by atoms with Gasteiger partial charge in [-0.05, 0) is 11.6 Å². The molecule has 0 saturated heterocycles. The van der Waals surface area contributed by atoms with Crippen molar-refractivity contribution < 1.29 is 0 Å². The highest BCUT2D eigenvalue weighted by Gasteiger charge is 2.11. The third-order valence-corrected chi connectivity index (χ3v) is 4.03. The Morgan fingerprint density at radius 3 is 2.77 bits per heavy atom. The second kappa shape index (κ2) is 7.14. The smallest absolute Gasteiger partial charge is 0.166 e. The highest BCUT2D eigenvalue weighted by atomic mass is 15.3. The van der Waals surface area contributed by atoms with E-state index in [1.54, 1.807) is 30.2 Å². The van der Waals surface area contributed by atoms with E-state index >= 15 is 0 Å². The van der Waals surface area contributed by atoms with Crippen molar-refractivity contribution >= 4 is 17.7 Å². The number of rotatable bonds is 5. The van der Waals surface area contributed by atoms with Crippen LogP contribution in [-0.2, 0) is 6.54 Å². The molecule has 0 saturated carbocycles. The first-order chi connectivity index (χ1) is 12.8. The number of anilines is 1. The van der Waals surface area contributed by atoms with E-state index in [0.717, 1.165) is 33.8 Å². The number of aliphatic imine (C=N–C) groups is 1. The van der Waals surface area contributed by atoms with Crippen LogP contribution >= 0.6 is 0 Å². The van der Waals surface area contributed by atoms with Crippen LogP contribution in [0.3, 0.4) is 0 Å². The van der Waals surface area contributed by atoms with E-state index in [4.69, 9.17) is 4.98 Å². The van der Waals surface area contributed by atoms with E-state index in [-0.39, 0.29) is 0 Å². The fraction of sp³-hybridized carbons (Fsp3) is 0.100. The predicted molar refractivity (Wildman–Crippen MR) is 104 cm³/mol. The first kappa shape index (κ1) is 16.0. The van der Waals surface area contributed by atoms with Crippen LogP contribution in [0.5, 0.6) is 0 Å². The van der Waals surface area contributed by atoms with Gasteiger partial charge in [0.15, 0.2) is 5.65 Å². The molecular formula is C20H18N6. The normalized spacial score (nSPS) is 11.3. The molecule has 0 amide bonds. The summed E-state index contributed by atoms with van der Waals surface area (Å²) in [6, 6.07) is 16.1. The molecular weight excluding hydrogens is 324 g/mol. The van der Waals surface area contributed by atoms with Crippen molar-refractivity contribution in [1.82, 2.24) is 19.6 Å². The number of nitrogens with zero attached hydrogens (tertiary/aromatic N) is 5. The maximum Gasteiger partial charge on any atom is 0.166 e. The summed E-state index contributed by atoms with van der Waals surface area (Å²) >= 11 is 0. The number of fused-ring (bicyclic) bond motifs is 1. The summed E-state index contributed by atoms with van der Waals surface area (Å²) in [4.78, 5) is 13.1. The highest BCUT2D eigenvalue weighted by molar-refractivity contribution is 5.88. The van der Waals surface area contributed by atoms with Crippen LogP contribution in [0.4, 0.5) is 5.82 Å². The molecule has 0 unspecified atom stereocenters. The van der Waals surface area contributed by atoms with Crippen molar-refractivity contribution in [2.24, 2.45) is 4.99 Å². The Labute approximate surface area is 151 Å². The average Bonchev–Trinajstić information content (AvgIpc) is 3.11. The largest absolute Gasteiger partial charge is 0.366 e. The van der Waals surface area contributed by atoms with Crippen LogP contribution in [0.1, 0.15) is 11.1 Å². The van der Waals surface area contributed by atoms with Gasteiger partial charge >= 0.3 is 0 Å². The maximum absolute atomic E-state index is 4.80. The highest BCUT2D eigenvalue weighted by Crippen LogP contribution is 2.23. The molecule has 26 heavy (non-hydrogen) atoms. The quantitative estimate of drug-likeness (QED) is 0.564. The Bertz CT molecular complexity index is 1040. The minimum atomic E-state index is 0.651. The van der Waals surface area contributed by atoms with Gasteiger partial charge in [0.05, 0.1) is 17.5 Å². The predicted octanol–water partition coefficient (Wildman–Crippen LogP) is 3.45. The number of aromatic nitrogens is 4. The van der Waals surface area contributed by atoms with Gasteiger partial charge in [0.1, 0.15) is 5.82 Å². The van der Waals surface area contributed by atoms with Crippen LogP contribution in [0, 0.1) is 0 Å². The fourth-order valence-corrected chi connectivity index (χ4v) is 2.79. The molecule has 0 aliphatic heterocycles. The van der Waals surface area contributed by atoms with Gasteiger partial charge in [-0.25, -0.2) is 4.98 Å². The average molecular weight is 342 g/mol. The zero-order valence-electron chi connectivity index (χ0n) is 14.4. The van der Waals surface area contributed by atoms with Gasteiger partial charge in [0, 0.05) is 43.8 Å². The molecule has 0 aliphatic rings. The van der Waals surface area contributed by atoms with Gasteiger partial charge in [-0.15, -0.1) is 0 Å². The van der Waals surface area contributed by atoms with Crippen LogP contribution < -0.4 is 5.32 Å². The molecule has 0 radical (unpaired) electrons. The maximum atomic E-state index is 4.80. The first-order valence-corrected chi connectivity index (χ1v) is 8.34. The van der Waals surface area contributed by atoms with Crippen molar-refractivity contribution in [3.05, 3.63) is 78.2 Å². The van der Waals surface area contributed by atoms with E-state index in [0.29, 0.717) is 6.54 Å². The van der Waals surface area contributed by atoms with Gasteiger partial charge in [-0.1, -0.05) is 36.4 Å². The summed E-state index contributed by atoms with van der Waals surface area (Å²) < 4.78 is 1.81. The lowest BCUT2D eigenvalue weighted by molar-refractivity contribution is 0.925. The van der Waals surface area contributed by atoms with Gasteiger partial charge in [-0.3, -0.25) is 9.98 Å². The molecule has 0 bridgehead atoms. The minimum absolute atomic E-state index is 0.651. The molecule has 1 N–H and O–H groups in total. The van der Waals surface area contributed by atoms with E-state index in [9.17, 15) is 0 Å². The van der Waals surface area contributed by atoms with Crippen LogP contribution in [-0.4, -0.2) is 32.8 Å². The van der Waals surface area contributed by atoms with E-state index < -0.39 is 0 Å². The van der Waals surface area contributed by atoms with Gasteiger partial charge in [-0.2, -0.15) is 9.61 Å². The van der Waals surface area contributed by atoms with Gasteiger partial charge in [0.2, 0.25) is 0 Å². The zero-order chi connectivity index (χ0) is 17.8. The van der Waals surface area contributed by atoms with E-state index in [2.05, 4.69) is 20.4 Å². The Morgan fingerprint density at radius 1 is 1.12 bits per heavy atom. The second-order valence-corrected chi connectivity index (χ2v) is 5.83. The van der Waals surface area contributed by atoms with Crippen LogP contribution in [0.25, 0.3) is 16.9 Å². The summed E-state index contributed by atoms with van der Waals surface area (Å²) in [5.41, 5.74) is 4.69. The van der Waals surface area contributed by atoms with Crippen LogP contribution in [0.15, 0.2) is 72.1 Å². The van der Waals surface area contributed by atoms with Crippen molar-refractivity contribution in [2.45, 2.75) is 6.54 Å². The SMILES string of the molecule is CN=Cc1cnn2c(NCc3cccnc3)cc(-c3ccccc3)nc12. The van der Waals surface area contributed by atoms with E-state index in [1.165, 1.54) is 0 Å². The van der Waals surface area contributed by atoms with Crippen molar-refractivity contribution in [3.8, 4) is 11.3 Å². The molecule has 3 heterocycles. The molecule has 3 aromatic heterocycles. The molecule has 1 aromatic carbocycles. The summed E-state index contributed by atoms with van der Waals surface area (Å²) in [5, 5.41) is 7.91. The zero-order valence-corrected chi connectivity index (χ0v) is 14.4. The lowest BCUT2D eigenvalue weighted by Gasteiger charge is -2.11. The van der Waals surface area contributed by atoms with Crippen molar-refractivity contribution in [1.29, 1.82) is 0 Å². The summed E-state index contributed by atoms with van der Waals surface area (Å²) in [5.74, 6) is 0.869. The summed E-state index contributed by atoms with van der Waals surface area (Å²) in [7, 11) is 1.74. The van der Waals surface area contributed by atoms with Crippen LogP contribution in [0.2, 0.25) is 0 Å². The first-order valence-electron chi connectivity index (χ1n) is 8.34. The number of pyridine rings is 1. The number of benzene rings is 1. The topological polar surface area (TPSA) is 67.5 Å². The molecule has 0 fully saturated rings. The number of hydrogen-bond acceptors (Lipinski definition) is 5. The Kier molecular flexibility index (Phi) is 4.38. The lowest BCUT2D eigenvalue weighted by Crippen LogP contribution is -2.07. The molecule has 0 atom stereocenters. The number of nitrogens with one attached hydrogen (secondary N) is 1. The van der Waals surface area contributed by atoms with Crippen molar-refractivity contribution in [2.75, 3.05) is 12.4 Å². The molecule has 4 rings (SSSR count). The minimum Gasteiger partial charge on any atom is -0.366 e. The van der Waals surface area contributed by atoms with E-state index in [1.807, 2.05) is 54.7 Å². The Hall–Kier alpha value is -3.54. The molecule has 6 nitrogen and oxygen atoms in total. The Morgan fingerprint density at radius 2 is 2.00 bits per heavy atom.